The number of nitrogens with zero attached hydrogens (tertiary/aromatic N) is 1. The highest BCUT2D eigenvalue weighted by Gasteiger charge is 2.34. The molecule has 22 heavy (non-hydrogen) atoms. The summed E-state index contributed by atoms with van der Waals surface area (Å²) in [6, 6.07) is 3.45. The fourth-order valence-corrected chi connectivity index (χ4v) is 3.92. The van der Waals surface area contributed by atoms with Crippen LogP contribution in [0.4, 0.5) is 17.6 Å². The van der Waals surface area contributed by atoms with Crippen LogP contribution < -0.4 is 0 Å². The predicted octanol–water partition coefficient (Wildman–Crippen LogP) is 4.97. The molecule has 1 aromatic carbocycles. The van der Waals surface area contributed by atoms with Crippen molar-refractivity contribution in [1.29, 1.82) is 0 Å². The first kappa shape index (κ1) is 15.8. The summed E-state index contributed by atoms with van der Waals surface area (Å²) in [7, 11) is 0. The lowest BCUT2D eigenvalue weighted by Gasteiger charge is -2.35. The minimum Gasteiger partial charge on any atom is -0.300 e. The lowest BCUT2D eigenvalue weighted by atomic mass is 9.80. The molecule has 0 bridgehead atoms. The summed E-state index contributed by atoms with van der Waals surface area (Å²) in [5, 5.41) is 0. The first-order valence-corrected chi connectivity index (χ1v) is 8.05. The van der Waals surface area contributed by atoms with E-state index in [-0.39, 0.29) is 5.92 Å². The van der Waals surface area contributed by atoms with Crippen LogP contribution in [0.25, 0.3) is 0 Å². The van der Waals surface area contributed by atoms with Crippen LogP contribution in [0.15, 0.2) is 18.2 Å². The van der Waals surface area contributed by atoms with E-state index in [1.54, 1.807) is 0 Å². The second-order valence-electron chi connectivity index (χ2n) is 6.53. The lowest BCUT2D eigenvalue weighted by molar-refractivity contribution is -0.137. The number of hydrogen-bond donors (Lipinski definition) is 0. The molecular formula is C17H21F4N. The fraction of sp³-hybridized carbons (Fsp3) is 0.647. The van der Waals surface area contributed by atoms with Crippen molar-refractivity contribution < 1.29 is 17.6 Å². The highest BCUT2D eigenvalue weighted by atomic mass is 19.4. The monoisotopic (exact) mass is 315 g/mol. The Balaban J connectivity index is 1.79. The molecule has 1 aliphatic carbocycles. The SMILES string of the molecule is Fc1cc(C2CCCC(N3CCCC3)C2)cc(C(F)(F)F)c1. The number of likely N-dealkylation sites (tertiary alicyclic amines) is 1. The van der Waals surface area contributed by atoms with Crippen molar-refractivity contribution in [1.82, 2.24) is 4.90 Å². The molecule has 1 aliphatic heterocycles. The molecule has 3 rings (SSSR count). The van der Waals surface area contributed by atoms with Crippen LogP contribution in [0.5, 0.6) is 0 Å². The third kappa shape index (κ3) is 3.45. The normalized spacial score (nSPS) is 27.3. The van der Waals surface area contributed by atoms with Crippen LogP contribution in [0.2, 0.25) is 0 Å². The number of alkyl halides is 3. The summed E-state index contributed by atoms with van der Waals surface area (Å²) in [5.41, 5.74) is -0.359. The molecule has 1 nitrogen and oxygen atoms in total. The van der Waals surface area contributed by atoms with Crippen LogP contribution in [0, 0.1) is 5.82 Å². The van der Waals surface area contributed by atoms with Gasteiger partial charge in [0, 0.05) is 6.04 Å². The van der Waals surface area contributed by atoms with E-state index in [4.69, 9.17) is 0 Å². The molecule has 1 saturated heterocycles. The van der Waals surface area contributed by atoms with Crippen LogP contribution in [-0.2, 0) is 6.18 Å². The number of benzene rings is 1. The quantitative estimate of drug-likeness (QED) is 0.697. The molecule has 122 valence electrons. The maximum Gasteiger partial charge on any atom is 0.416 e. The summed E-state index contributed by atoms with van der Waals surface area (Å²) in [5.74, 6) is -0.746. The second kappa shape index (κ2) is 6.19. The van der Waals surface area contributed by atoms with Crippen LogP contribution >= 0.6 is 0 Å². The van der Waals surface area contributed by atoms with Crippen molar-refractivity contribution >= 4 is 0 Å². The molecule has 2 aliphatic rings. The summed E-state index contributed by atoms with van der Waals surface area (Å²) in [6.07, 6.45) is 1.74. The molecule has 1 heterocycles. The summed E-state index contributed by atoms with van der Waals surface area (Å²) in [6.45, 7) is 2.18. The third-order valence-electron chi connectivity index (χ3n) is 5.02. The zero-order valence-corrected chi connectivity index (χ0v) is 12.5. The van der Waals surface area contributed by atoms with Crippen LogP contribution in [0.3, 0.4) is 0 Å². The van der Waals surface area contributed by atoms with Crippen LogP contribution in [0.1, 0.15) is 55.6 Å². The van der Waals surface area contributed by atoms with Gasteiger partial charge in [-0.15, -0.1) is 0 Å². The molecule has 2 unspecified atom stereocenters. The molecule has 0 spiro atoms. The molecule has 0 radical (unpaired) electrons. The second-order valence-corrected chi connectivity index (χ2v) is 6.53. The maximum atomic E-state index is 13.6. The van der Waals surface area contributed by atoms with Gasteiger partial charge in [0.2, 0.25) is 0 Å². The highest BCUT2D eigenvalue weighted by Crippen LogP contribution is 2.38. The van der Waals surface area contributed by atoms with Gasteiger partial charge in [0.05, 0.1) is 5.56 Å². The van der Waals surface area contributed by atoms with E-state index in [1.165, 1.54) is 18.9 Å². The van der Waals surface area contributed by atoms with Gasteiger partial charge in [-0.3, -0.25) is 0 Å². The van der Waals surface area contributed by atoms with E-state index in [1.807, 2.05) is 0 Å². The first-order chi connectivity index (χ1) is 10.4. The molecule has 1 saturated carbocycles. The van der Waals surface area contributed by atoms with Gasteiger partial charge < -0.3 is 4.90 Å². The first-order valence-electron chi connectivity index (χ1n) is 8.05. The fourth-order valence-electron chi connectivity index (χ4n) is 3.92. The Morgan fingerprint density at radius 3 is 2.36 bits per heavy atom. The topological polar surface area (TPSA) is 3.24 Å². The van der Waals surface area contributed by atoms with E-state index in [0.717, 1.165) is 44.8 Å². The van der Waals surface area contributed by atoms with Crippen LogP contribution in [-0.4, -0.2) is 24.0 Å². The van der Waals surface area contributed by atoms with E-state index in [2.05, 4.69) is 4.90 Å². The molecule has 5 heteroatoms. The largest absolute Gasteiger partial charge is 0.416 e. The number of hydrogen-bond acceptors (Lipinski definition) is 1. The highest BCUT2D eigenvalue weighted by molar-refractivity contribution is 5.30. The minimum absolute atomic E-state index is 0.0381. The van der Waals surface area contributed by atoms with Crippen molar-refractivity contribution in [3.8, 4) is 0 Å². The average molecular weight is 315 g/mol. The van der Waals surface area contributed by atoms with Gasteiger partial charge in [0.1, 0.15) is 5.82 Å². The molecular weight excluding hydrogens is 294 g/mol. The molecule has 0 N–H and O–H groups in total. The molecule has 2 fully saturated rings. The molecule has 0 aromatic heterocycles. The lowest BCUT2D eigenvalue weighted by Crippen LogP contribution is -2.36. The van der Waals surface area contributed by atoms with Gasteiger partial charge >= 0.3 is 6.18 Å². The Kier molecular flexibility index (Phi) is 4.44. The van der Waals surface area contributed by atoms with E-state index in [0.29, 0.717) is 17.7 Å². The van der Waals surface area contributed by atoms with Crippen molar-refractivity contribution in [2.75, 3.05) is 13.1 Å². The standard InChI is InChI=1S/C17H21F4N/c18-15-9-13(8-14(11-15)17(19,20)21)12-4-3-5-16(10-12)22-6-1-2-7-22/h8-9,11-12,16H,1-7,10H2. The third-order valence-corrected chi connectivity index (χ3v) is 5.02. The van der Waals surface area contributed by atoms with E-state index in [9.17, 15) is 17.6 Å². The Hall–Kier alpha value is -1.10. The smallest absolute Gasteiger partial charge is 0.300 e. The van der Waals surface area contributed by atoms with Gasteiger partial charge in [0.15, 0.2) is 0 Å². The Bertz CT molecular complexity index is 520. The van der Waals surface area contributed by atoms with Crippen molar-refractivity contribution in [3.05, 3.63) is 35.1 Å². The van der Waals surface area contributed by atoms with Gasteiger partial charge in [-0.25, -0.2) is 4.39 Å². The van der Waals surface area contributed by atoms with Gasteiger partial charge in [-0.2, -0.15) is 13.2 Å². The van der Waals surface area contributed by atoms with Crippen molar-refractivity contribution in [3.63, 3.8) is 0 Å². The van der Waals surface area contributed by atoms with Gasteiger partial charge in [-0.05, 0) is 74.9 Å². The molecule has 1 aromatic rings. The summed E-state index contributed by atoms with van der Waals surface area (Å²) >= 11 is 0. The Morgan fingerprint density at radius 2 is 1.68 bits per heavy atom. The van der Waals surface area contributed by atoms with E-state index < -0.39 is 17.6 Å². The average Bonchev–Trinajstić information content (AvgIpc) is 3.00. The number of halogens is 4. The predicted molar refractivity (Wildman–Crippen MR) is 77.2 cm³/mol. The van der Waals surface area contributed by atoms with Crippen molar-refractivity contribution in [2.24, 2.45) is 0 Å². The van der Waals surface area contributed by atoms with Gasteiger partial charge in [-0.1, -0.05) is 6.42 Å². The zero-order chi connectivity index (χ0) is 15.7. The van der Waals surface area contributed by atoms with E-state index >= 15 is 0 Å². The minimum atomic E-state index is -4.49. The molecule has 2 atom stereocenters. The summed E-state index contributed by atoms with van der Waals surface area (Å²) in [4.78, 5) is 2.45. The Labute approximate surface area is 128 Å². The Morgan fingerprint density at radius 1 is 0.955 bits per heavy atom. The van der Waals surface area contributed by atoms with Crippen molar-refractivity contribution in [2.45, 2.75) is 56.7 Å². The summed E-state index contributed by atoms with van der Waals surface area (Å²) < 4.78 is 52.2. The number of rotatable bonds is 2. The molecule has 0 amide bonds. The maximum absolute atomic E-state index is 13.6. The van der Waals surface area contributed by atoms with Gasteiger partial charge in [0.25, 0.3) is 0 Å². The zero-order valence-electron chi connectivity index (χ0n) is 12.5.